The number of hydrogen-bond donors (Lipinski definition) is 1. The van der Waals surface area contributed by atoms with E-state index < -0.39 is 22.5 Å². The molecule has 9 heteroatoms. The Morgan fingerprint density at radius 3 is 2.55 bits per heavy atom. The molecule has 33 heavy (non-hydrogen) atoms. The van der Waals surface area contributed by atoms with Crippen LogP contribution in [-0.2, 0) is 11.3 Å². The lowest BCUT2D eigenvalue weighted by Crippen LogP contribution is -2.14. The molecule has 1 N–H and O–H groups in total. The Kier molecular flexibility index (Phi) is 7.34. The van der Waals surface area contributed by atoms with Gasteiger partial charge in [-0.2, -0.15) is 5.26 Å². The number of nitro benzene ring substituents is 1. The van der Waals surface area contributed by atoms with Gasteiger partial charge >= 0.3 is 5.97 Å². The number of rotatable bonds is 8. The molecule has 0 bridgehead atoms. The summed E-state index contributed by atoms with van der Waals surface area (Å²) in [7, 11) is 0. The summed E-state index contributed by atoms with van der Waals surface area (Å²) in [4.78, 5) is 35.3. The quantitative estimate of drug-likeness (QED) is 0.307. The second kappa shape index (κ2) is 10.5. The van der Waals surface area contributed by atoms with Crippen molar-refractivity contribution < 1.29 is 24.0 Å². The highest BCUT2D eigenvalue weighted by Crippen LogP contribution is 2.22. The Hall–Kier alpha value is -4.71. The minimum atomic E-state index is -0.758. The molecule has 0 saturated carbocycles. The van der Waals surface area contributed by atoms with Crippen LogP contribution >= 0.6 is 0 Å². The first-order valence-electron chi connectivity index (χ1n) is 9.89. The summed E-state index contributed by atoms with van der Waals surface area (Å²) in [5, 5.41) is 22.9. The first-order chi connectivity index (χ1) is 15.9. The Labute approximate surface area is 189 Å². The maximum atomic E-state index is 12.7. The minimum Gasteiger partial charge on any atom is -0.489 e. The van der Waals surface area contributed by atoms with E-state index in [2.05, 4.69) is 11.4 Å². The summed E-state index contributed by atoms with van der Waals surface area (Å²) >= 11 is 0. The molecule has 0 atom stereocenters. The normalized spacial score (nSPS) is 10.1. The standard InChI is InChI=1S/C24H19N3O6/c1-2-32-24(29)19-10-18(11-21(12-19)27(30)31)23(28)26-20-7-4-8-22(13-20)33-15-17-6-3-5-16(9-17)14-25/h3-13H,2,15H2,1H3,(H,26,28). The number of benzene rings is 3. The summed E-state index contributed by atoms with van der Waals surface area (Å²) in [6.07, 6.45) is 0. The van der Waals surface area contributed by atoms with Crippen molar-refractivity contribution in [3.05, 3.63) is 99.1 Å². The lowest BCUT2D eigenvalue weighted by Gasteiger charge is -2.10. The maximum Gasteiger partial charge on any atom is 0.338 e. The van der Waals surface area contributed by atoms with Crippen LogP contribution in [-0.4, -0.2) is 23.4 Å². The number of nitrogens with one attached hydrogen (secondary N) is 1. The molecule has 0 fully saturated rings. The largest absolute Gasteiger partial charge is 0.489 e. The highest BCUT2D eigenvalue weighted by molar-refractivity contribution is 6.06. The molecule has 0 aliphatic rings. The average molecular weight is 445 g/mol. The second-order valence-electron chi connectivity index (χ2n) is 6.83. The highest BCUT2D eigenvalue weighted by Gasteiger charge is 2.19. The summed E-state index contributed by atoms with van der Waals surface area (Å²) < 4.78 is 10.6. The van der Waals surface area contributed by atoms with Gasteiger partial charge in [0, 0.05) is 29.4 Å². The average Bonchev–Trinajstić information content (AvgIpc) is 2.83. The summed E-state index contributed by atoms with van der Waals surface area (Å²) in [5.74, 6) is -0.921. The lowest BCUT2D eigenvalue weighted by molar-refractivity contribution is -0.384. The fourth-order valence-electron chi connectivity index (χ4n) is 2.94. The first kappa shape index (κ1) is 23.0. The van der Waals surface area contributed by atoms with E-state index in [1.54, 1.807) is 49.4 Å². The number of esters is 1. The zero-order valence-corrected chi connectivity index (χ0v) is 17.6. The smallest absolute Gasteiger partial charge is 0.338 e. The number of ether oxygens (including phenoxy) is 2. The molecule has 0 heterocycles. The number of anilines is 1. The third kappa shape index (κ3) is 6.15. The SMILES string of the molecule is CCOC(=O)c1cc(C(=O)Nc2cccc(OCc3cccc(C#N)c3)c2)cc([N+](=O)[O-])c1. The van der Waals surface area contributed by atoms with Crippen LogP contribution in [0, 0.1) is 21.4 Å². The predicted molar refractivity (Wildman–Crippen MR) is 119 cm³/mol. The van der Waals surface area contributed by atoms with Gasteiger partial charge in [0.2, 0.25) is 0 Å². The van der Waals surface area contributed by atoms with Crippen LogP contribution in [0.1, 0.15) is 38.8 Å². The maximum absolute atomic E-state index is 12.7. The number of non-ortho nitro benzene ring substituents is 1. The van der Waals surface area contributed by atoms with Crippen molar-refractivity contribution in [2.24, 2.45) is 0 Å². The summed E-state index contributed by atoms with van der Waals surface area (Å²) in [5.41, 5.74) is 1.18. The van der Waals surface area contributed by atoms with E-state index in [9.17, 15) is 19.7 Å². The van der Waals surface area contributed by atoms with Gasteiger partial charge in [0.25, 0.3) is 11.6 Å². The topological polar surface area (TPSA) is 132 Å². The van der Waals surface area contributed by atoms with Crippen molar-refractivity contribution >= 4 is 23.3 Å². The number of nitro groups is 1. The van der Waals surface area contributed by atoms with Crippen molar-refractivity contribution in [1.82, 2.24) is 0 Å². The van der Waals surface area contributed by atoms with E-state index in [-0.39, 0.29) is 24.3 Å². The van der Waals surface area contributed by atoms with Crippen LogP contribution in [0.4, 0.5) is 11.4 Å². The molecule has 0 aromatic heterocycles. The molecule has 3 rings (SSSR count). The molecular weight excluding hydrogens is 426 g/mol. The third-order valence-corrected chi connectivity index (χ3v) is 4.46. The molecule has 1 amide bonds. The molecule has 0 spiro atoms. The zero-order valence-electron chi connectivity index (χ0n) is 17.6. The molecule has 3 aromatic rings. The van der Waals surface area contributed by atoms with Gasteiger partial charge in [0.1, 0.15) is 12.4 Å². The third-order valence-electron chi connectivity index (χ3n) is 4.46. The molecule has 0 aliphatic heterocycles. The molecule has 9 nitrogen and oxygen atoms in total. The van der Waals surface area contributed by atoms with E-state index in [0.717, 1.165) is 17.7 Å². The van der Waals surface area contributed by atoms with Gasteiger partial charge in [-0.25, -0.2) is 4.79 Å². The highest BCUT2D eigenvalue weighted by atomic mass is 16.6. The minimum absolute atomic E-state index is 0.0631. The fourth-order valence-corrected chi connectivity index (χ4v) is 2.94. The van der Waals surface area contributed by atoms with Crippen molar-refractivity contribution in [2.45, 2.75) is 13.5 Å². The monoisotopic (exact) mass is 445 g/mol. The van der Waals surface area contributed by atoms with Crippen LogP contribution in [0.15, 0.2) is 66.7 Å². The van der Waals surface area contributed by atoms with Gasteiger partial charge < -0.3 is 14.8 Å². The van der Waals surface area contributed by atoms with Crippen LogP contribution in [0.3, 0.4) is 0 Å². The molecule has 166 valence electrons. The van der Waals surface area contributed by atoms with E-state index in [0.29, 0.717) is 17.0 Å². The number of hydrogen-bond acceptors (Lipinski definition) is 7. The fraction of sp³-hybridized carbons (Fsp3) is 0.125. The van der Waals surface area contributed by atoms with Gasteiger partial charge in [-0.15, -0.1) is 0 Å². The molecule has 3 aromatic carbocycles. The van der Waals surface area contributed by atoms with Crippen molar-refractivity contribution in [3.63, 3.8) is 0 Å². The summed E-state index contributed by atoms with van der Waals surface area (Å²) in [6.45, 7) is 1.93. The molecule has 0 unspecified atom stereocenters. The number of carbonyl (C=O) groups excluding carboxylic acids is 2. The van der Waals surface area contributed by atoms with Gasteiger partial charge in [0.15, 0.2) is 0 Å². The van der Waals surface area contributed by atoms with E-state index in [1.165, 1.54) is 6.07 Å². The number of nitriles is 1. The van der Waals surface area contributed by atoms with Crippen LogP contribution in [0.25, 0.3) is 0 Å². The van der Waals surface area contributed by atoms with E-state index in [4.69, 9.17) is 14.7 Å². The Morgan fingerprint density at radius 1 is 1.06 bits per heavy atom. The van der Waals surface area contributed by atoms with E-state index in [1.807, 2.05) is 6.07 Å². The van der Waals surface area contributed by atoms with Crippen LogP contribution in [0.2, 0.25) is 0 Å². The molecule has 0 saturated heterocycles. The lowest BCUT2D eigenvalue weighted by atomic mass is 10.1. The van der Waals surface area contributed by atoms with Gasteiger partial charge in [-0.1, -0.05) is 18.2 Å². The Morgan fingerprint density at radius 2 is 1.82 bits per heavy atom. The number of amides is 1. The van der Waals surface area contributed by atoms with Gasteiger partial charge in [0.05, 0.1) is 28.7 Å². The van der Waals surface area contributed by atoms with Crippen molar-refractivity contribution in [1.29, 1.82) is 5.26 Å². The molecule has 0 radical (unpaired) electrons. The molecule has 0 aliphatic carbocycles. The predicted octanol–water partition coefficient (Wildman–Crippen LogP) is 4.47. The first-order valence-corrected chi connectivity index (χ1v) is 9.89. The number of nitrogens with zero attached hydrogens (tertiary/aromatic N) is 2. The summed E-state index contributed by atoms with van der Waals surface area (Å²) in [6, 6.07) is 19.1. The van der Waals surface area contributed by atoms with Crippen molar-refractivity contribution in [2.75, 3.05) is 11.9 Å². The Bertz CT molecular complexity index is 1250. The zero-order chi connectivity index (χ0) is 23.8. The Balaban J connectivity index is 1.75. The van der Waals surface area contributed by atoms with Gasteiger partial charge in [-0.05, 0) is 42.8 Å². The number of carbonyl (C=O) groups is 2. The second-order valence-corrected chi connectivity index (χ2v) is 6.83. The van der Waals surface area contributed by atoms with Gasteiger partial charge in [-0.3, -0.25) is 14.9 Å². The van der Waals surface area contributed by atoms with E-state index >= 15 is 0 Å². The molecular formula is C24H19N3O6. The van der Waals surface area contributed by atoms with Crippen LogP contribution in [0.5, 0.6) is 5.75 Å². The van der Waals surface area contributed by atoms with Crippen LogP contribution < -0.4 is 10.1 Å². The van der Waals surface area contributed by atoms with Crippen molar-refractivity contribution in [3.8, 4) is 11.8 Å².